The van der Waals surface area contributed by atoms with Gasteiger partial charge in [-0.05, 0) is 39.0 Å². The Hall–Kier alpha value is -0.0900. The highest BCUT2D eigenvalue weighted by atomic mass is 35.5. The second-order valence-corrected chi connectivity index (χ2v) is 9.36. The van der Waals surface area contributed by atoms with Gasteiger partial charge in [0.25, 0.3) is 0 Å². The van der Waals surface area contributed by atoms with Crippen molar-refractivity contribution < 1.29 is 24.9 Å². The van der Waals surface area contributed by atoms with E-state index >= 15 is 0 Å². The smallest absolute Gasteiger partial charge is 0.237 e. The monoisotopic (exact) mass is 424 g/mol. The Balaban J connectivity index is 2.09. The molecule has 0 saturated carbocycles. The first-order chi connectivity index (χ1) is 12.7. The number of thioether (sulfide) groups is 1. The van der Waals surface area contributed by atoms with E-state index in [1.165, 1.54) is 11.8 Å². The van der Waals surface area contributed by atoms with Crippen LogP contribution in [0.1, 0.15) is 33.1 Å². The molecular formula is C18H33ClN2O5S. The maximum absolute atomic E-state index is 12.9. The fourth-order valence-corrected chi connectivity index (χ4v) is 5.00. The lowest BCUT2D eigenvalue weighted by molar-refractivity contribution is -0.205. The van der Waals surface area contributed by atoms with Crippen molar-refractivity contribution in [2.45, 2.75) is 80.4 Å². The van der Waals surface area contributed by atoms with E-state index in [9.17, 15) is 20.1 Å². The molecule has 2 heterocycles. The summed E-state index contributed by atoms with van der Waals surface area (Å²) in [5, 5.41) is 33.0. The number of hydrogen-bond donors (Lipinski definition) is 4. The van der Waals surface area contributed by atoms with E-state index in [0.29, 0.717) is 5.92 Å². The standard InChI is InChI=1S/C18H33ClN2O5S/c1-5-6-10-7-11(21(3)8-10)17(25)20-12(9(2)19)16-14(23)13(22)15(24)18(26-16)27-4/h9-16,18,22-24H,5-8H2,1-4H3,(H,20,25)/t9?,10-,11+,12+,13+,14-,15-,16-,18+/m1/s1. The lowest BCUT2D eigenvalue weighted by atomic mass is 9.92. The summed E-state index contributed by atoms with van der Waals surface area (Å²) in [7, 11) is 1.94. The molecule has 4 N–H and O–H groups in total. The molecule has 1 unspecified atom stereocenters. The van der Waals surface area contributed by atoms with Crippen LogP contribution >= 0.6 is 23.4 Å². The Morgan fingerprint density at radius 3 is 2.56 bits per heavy atom. The number of aliphatic hydroxyl groups excluding tert-OH is 3. The van der Waals surface area contributed by atoms with Gasteiger partial charge in [-0.2, -0.15) is 0 Å². The van der Waals surface area contributed by atoms with Gasteiger partial charge in [-0.3, -0.25) is 9.69 Å². The van der Waals surface area contributed by atoms with Crippen LogP contribution in [0.2, 0.25) is 0 Å². The molecule has 27 heavy (non-hydrogen) atoms. The molecule has 0 aromatic carbocycles. The Morgan fingerprint density at radius 2 is 2.00 bits per heavy atom. The molecule has 0 aliphatic carbocycles. The molecule has 0 bridgehead atoms. The highest BCUT2D eigenvalue weighted by Crippen LogP contribution is 2.31. The minimum atomic E-state index is -1.36. The summed E-state index contributed by atoms with van der Waals surface area (Å²) in [5.41, 5.74) is -0.702. The number of likely N-dealkylation sites (tertiary alicyclic amines) is 1. The molecule has 0 spiro atoms. The number of rotatable bonds is 7. The van der Waals surface area contributed by atoms with Crippen molar-refractivity contribution >= 4 is 29.3 Å². The van der Waals surface area contributed by atoms with E-state index in [1.807, 2.05) is 11.9 Å². The number of amides is 1. The zero-order valence-electron chi connectivity index (χ0n) is 16.4. The predicted octanol–water partition coefficient (Wildman–Crippen LogP) is 0.390. The Bertz CT molecular complexity index is 498. The second kappa shape index (κ2) is 10.1. The molecule has 2 aliphatic heterocycles. The zero-order valence-corrected chi connectivity index (χ0v) is 18.0. The summed E-state index contributed by atoms with van der Waals surface area (Å²) in [6.07, 6.45) is -0.0980. The number of carbonyl (C=O) groups excluding carboxylic acids is 1. The van der Waals surface area contributed by atoms with Crippen molar-refractivity contribution in [2.75, 3.05) is 19.8 Å². The maximum Gasteiger partial charge on any atom is 0.237 e. The van der Waals surface area contributed by atoms with Gasteiger partial charge in [0.2, 0.25) is 5.91 Å². The minimum absolute atomic E-state index is 0.147. The van der Waals surface area contributed by atoms with Crippen molar-refractivity contribution in [2.24, 2.45) is 5.92 Å². The summed E-state index contributed by atoms with van der Waals surface area (Å²) in [5.74, 6) is 0.350. The quantitative estimate of drug-likeness (QED) is 0.438. The molecule has 0 radical (unpaired) electrons. The van der Waals surface area contributed by atoms with E-state index in [0.717, 1.165) is 25.8 Å². The molecule has 9 heteroatoms. The Morgan fingerprint density at radius 1 is 1.33 bits per heavy atom. The van der Waals surface area contributed by atoms with Crippen LogP contribution in [0, 0.1) is 5.92 Å². The molecule has 1 amide bonds. The van der Waals surface area contributed by atoms with Gasteiger partial charge < -0.3 is 25.4 Å². The number of nitrogens with one attached hydrogen (secondary N) is 1. The number of likely N-dealkylation sites (N-methyl/N-ethyl adjacent to an activating group) is 1. The van der Waals surface area contributed by atoms with Gasteiger partial charge in [0.05, 0.1) is 17.5 Å². The molecule has 2 saturated heterocycles. The average molecular weight is 425 g/mol. The third-order valence-corrected chi connectivity index (χ3v) is 6.76. The SMILES string of the molecule is CCC[C@@H]1C[C@@H](C(=O)N[C@@H](C(C)Cl)[C@H]2O[C@@H](SC)[C@H](O)[C@@H](O)[C@H]2O)N(C)C1. The topological polar surface area (TPSA) is 102 Å². The fraction of sp³-hybridized carbons (Fsp3) is 0.944. The van der Waals surface area contributed by atoms with Crippen molar-refractivity contribution in [3.8, 4) is 0 Å². The van der Waals surface area contributed by atoms with Gasteiger partial charge in [-0.1, -0.05) is 13.3 Å². The van der Waals surface area contributed by atoms with Gasteiger partial charge in [-0.15, -0.1) is 23.4 Å². The number of aliphatic hydroxyl groups is 3. The largest absolute Gasteiger partial charge is 0.388 e. The van der Waals surface area contributed by atoms with Gasteiger partial charge in [0, 0.05) is 6.54 Å². The van der Waals surface area contributed by atoms with Crippen LogP contribution in [0.15, 0.2) is 0 Å². The van der Waals surface area contributed by atoms with Crippen molar-refractivity contribution in [1.29, 1.82) is 0 Å². The molecular weight excluding hydrogens is 392 g/mol. The van der Waals surface area contributed by atoms with E-state index < -0.39 is 41.3 Å². The lowest BCUT2D eigenvalue weighted by Gasteiger charge is -2.44. The Kier molecular flexibility index (Phi) is 8.67. The molecule has 0 aromatic heterocycles. The predicted molar refractivity (Wildman–Crippen MR) is 107 cm³/mol. The fourth-order valence-electron chi connectivity index (χ4n) is 4.11. The highest BCUT2D eigenvalue weighted by molar-refractivity contribution is 7.99. The number of halogens is 1. The van der Waals surface area contributed by atoms with Gasteiger partial charge in [0.15, 0.2) is 0 Å². The van der Waals surface area contributed by atoms with Crippen molar-refractivity contribution in [3.63, 3.8) is 0 Å². The number of nitrogens with zero attached hydrogens (tertiary/aromatic N) is 1. The first-order valence-corrected chi connectivity index (χ1v) is 11.3. The number of hydrogen-bond acceptors (Lipinski definition) is 7. The van der Waals surface area contributed by atoms with Crippen LogP contribution < -0.4 is 5.32 Å². The lowest BCUT2D eigenvalue weighted by Crippen LogP contribution is -2.65. The molecule has 7 nitrogen and oxygen atoms in total. The zero-order chi connectivity index (χ0) is 20.3. The molecule has 9 atom stereocenters. The summed E-state index contributed by atoms with van der Waals surface area (Å²) in [6.45, 7) is 4.74. The van der Waals surface area contributed by atoms with E-state index in [4.69, 9.17) is 16.3 Å². The van der Waals surface area contributed by atoms with Crippen LogP contribution in [0.4, 0.5) is 0 Å². The first-order valence-electron chi connectivity index (χ1n) is 9.58. The Labute approximate surface area is 170 Å². The van der Waals surface area contributed by atoms with Crippen LogP contribution in [-0.2, 0) is 9.53 Å². The van der Waals surface area contributed by atoms with Crippen LogP contribution in [-0.4, -0.2) is 93.3 Å². The number of carbonyl (C=O) groups is 1. The van der Waals surface area contributed by atoms with Crippen LogP contribution in [0.5, 0.6) is 0 Å². The molecule has 2 rings (SSSR count). The summed E-state index contributed by atoms with van der Waals surface area (Å²) < 4.78 is 5.79. The molecule has 0 aromatic rings. The number of alkyl halides is 1. The van der Waals surface area contributed by atoms with Crippen LogP contribution in [0.3, 0.4) is 0 Å². The van der Waals surface area contributed by atoms with Gasteiger partial charge in [-0.25, -0.2) is 0 Å². The molecule has 2 fully saturated rings. The maximum atomic E-state index is 12.9. The molecule has 2 aliphatic rings. The summed E-state index contributed by atoms with van der Waals surface area (Å²) >= 11 is 7.55. The van der Waals surface area contributed by atoms with Gasteiger partial charge in [0.1, 0.15) is 29.9 Å². The molecule has 158 valence electrons. The minimum Gasteiger partial charge on any atom is -0.388 e. The third-order valence-electron chi connectivity index (χ3n) is 5.63. The van der Waals surface area contributed by atoms with E-state index in [-0.39, 0.29) is 11.9 Å². The highest BCUT2D eigenvalue weighted by Gasteiger charge is 2.48. The van der Waals surface area contributed by atoms with Crippen LogP contribution in [0.25, 0.3) is 0 Å². The first kappa shape index (κ1) is 23.2. The normalized spacial score (nSPS) is 39.9. The average Bonchev–Trinajstić information content (AvgIpc) is 2.99. The van der Waals surface area contributed by atoms with Gasteiger partial charge >= 0.3 is 0 Å². The number of ether oxygens (including phenoxy) is 1. The van der Waals surface area contributed by atoms with E-state index in [1.54, 1.807) is 13.2 Å². The van der Waals surface area contributed by atoms with Crippen molar-refractivity contribution in [3.05, 3.63) is 0 Å². The van der Waals surface area contributed by atoms with E-state index in [2.05, 4.69) is 12.2 Å². The summed E-state index contributed by atoms with van der Waals surface area (Å²) in [4.78, 5) is 14.9. The van der Waals surface area contributed by atoms with Crippen molar-refractivity contribution in [1.82, 2.24) is 10.2 Å². The summed E-state index contributed by atoms with van der Waals surface area (Å²) in [6, 6.07) is -0.934. The second-order valence-electron chi connectivity index (χ2n) is 7.73. The third kappa shape index (κ3) is 5.29.